The third-order valence-corrected chi connectivity index (χ3v) is 3.96. The summed E-state index contributed by atoms with van der Waals surface area (Å²) in [5.41, 5.74) is 0.218. The number of hydrogen-bond acceptors (Lipinski definition) is 3. The van der Waals surface area contributed by atoms with Gasteiger partial charge in [0.1, 0.15) is 5.82 Å². The fourth-order valence-corrected chi connectivity index (χ4v) is 2.32. The van der Waals surface area contributed by atoms with Crippen LogP contribution in [0.2, 0.25) is 0 Å². The second-order valence-corrected chi connectivity index (χ2v) is 5.81. The molecule has 0 unspecified atom stereocenters. The lowest BCUT2D eigenvalue weighted by atomic mass is 10.0. The van der Waals surface area contributed by atoms with E-state index in [0.29, 0.717) is 16.9 Å². The second kappa shape index (κ2) is 7.51. The molecule has 114 valence electrons. The first-order chi connectivity index (χ1) is 10.1. The molecule has 0 aliphatic carbocycles. The molecule has 0 aromatic heterocycles. The van der Waals surface area contributed by atoms with E-state index in [1.54, 1.807) is 0 Å². The van der Waals surface area contributed by atoms with Gasteiger partial charge in [-0.1, -0.05) is 0 Å². The summed E-state index contributed by atoms with van der Waals surface area (Å²) in [6.45, 7) is 2.75. The van der Waals surface area contributed by atoms with Crippen molar-refractivity contribution in [2.75, 3.05) is 26.2 Å². The van der Waals surface area contributed by atoms with E-state index in [-0.39, 0.29) is 24.4 Å². The van der Waals surface area contributed by atoms with Gasteiger partial charge in [-0.25, -0.2) is 4.39 Å². The lowest BCUT2D eigenvalue weighted by Crippen LogP contribution is -2.48. The molecule has 2 amide bonds. The van der Waals surface area contributed by atoms with Gasteiger partial charge in [-0.05, 0) is 34.1 Å². The number of nitrogens with one attached hydrogen (secondary N) is 3. The highest BCUT2D eigenvalue weighted by Crippen LogP contribution is 2.17. The number of halogens is 2. The van der Waals surface area contributed by atoms with Crippen molar-refractivity contribution in [1.82, 2.24) is 16.0 Å². The van der Waals surface area contributed by atoms with Gasteiger partial charge in [-0.15, -0.1) is 0 Å². The van der Waals surface area contributed by atoms with E-state index in [2.05, 4.69) is 31.9 Å². The van der Waals surface area contributed by atoms with E-state index in [1.807, 2.05) is 0 Å². The van der Waals surface area contributed by atoms with Crippen LogP contribution in [-0.4, -0.2) is 38.0 Å². The maximum atomic E-state index is 13.1. The van der Waals surface area contributed by atoms with Crippen molar-refractivity contribution in [3.05, 3.63) is 34.1 Å². The second-order valence-electron chi connectivity index (χ2n) is 4.96. The molecule has 1 fully saturated rings. The lowest BCUT2D eigenvalue weighted by molar-refractivity contribution is -0.121. The van der Waals surface area contributed by atoms with Crippen LogP contribution in [0.3, 0.4) is 0 Å². The summed E-state index contributed by atoms with van der Waals surface area (Å²) in [6, 6.07) is 3.90. The smallest absolute Gasteiger partial charge is 0.252 e. The van der Waals surface area contributed by atoms with Crippen LogP contribution in [-0.2, 0) is 4.79 Å². The van der Waals surface area contributed by atoms with Gasteiger partial charge in [0.2, 0.25) is 5.91 Å². The Morgan fingerprint density at radius 1 is 1.33 bits per heavy atom. The number of rotatable bonds is 6. The standard InChI is InChI=1S/C14H17BrFN3O2/c15-12-2-1-10(16)5-11(12)14(21)18-4-3-13(20)19-8-9-6-17-7-9/h1-2,5,9,17H,3-4,6-8H2,(H,18,21)(H,19,20). The number of carbonyl (C=O) groups excluding carboxylic acids is 2. The van der Waals surface area contributed by atoms with Gasteiger partial charge in [-0.2, -0.15) is 0 Å². The summed E-state index contributed by atoms with van der Waals surface area (Å²) in [5.74, 6) is -0.472. The van der Waals surface area contributed by atoms with Crippen molar-refractivity contribution in [3.8, 4) is 0 Å². The first-order valence-electron chi connectivity index (χ1n) is 6.77. The van der Waals surface area contributed by atoms with E-state index in [9.17, 15) is 14.0 Å². The molecule has 1 aromatic carbocycles. The molecule has 0 spiro atoms. The number of carbonyl (C=O) groups is 2. The zero-order chi connectivity index (χ0) is 15.2. The van der Waals surface area contributed by atoms with Crippen molar-refractivity contribution in [3.63, 3.8) is 0 Å². The number of benzene rings is 1. The molecule has 21 heavy (non-hydrogen) atoms. The Morgan fingerprint density at radius 3 is 2.76 bits per heavy atom. The van der Waals surface area contributed by atoms with Gasteiger partial charge < -0.3 is 16.0 Å². The Balaban J connectivity index is 1.70. The van der Waals surface area contributed by atoms with Crippen LogP contribution in [0.25, 0.3) is 0 Å². The summed E-state index contributed by atoms with van der Waals surface area (Å²) in [5, 5.41) is 8.55. The molecule has 1 saturated heterocycles. The summed E-state index contributed by atoms with van der Waals surface area (Å²) in [4.78, 5) is 23.4. The molecule has 0 saturated carbocycles. The predicted molar refractivity (Wildman–Crippen MR) is 80.4 cm³/mol. The summed E-state index contributed by atoms with van der Waals surface area (Å²) in [7, 11) is 0. The lowest BCUT2D eigenvalue weighted by Gasteiger charge is -2.27. The maximum Gasteiger partial charge on any atom is 0.252 e. The highest BCUT2D eigenvalue weighted by Gasteiger charge is 2.17. The van der Waals surface area contributed by atoms with Crippen molar-refractivity contribution in [2.24, 2.45) is 5.92 Å². The summed E-state index contributed by atoms with van der Waals surface area (Å²) in [6.07, 6.45) is 0.207. The minimum absolute atomic E-state index is 0.0968. The van der Waals surface area contributed by atoms with Gasteiger partial charge in [0.25, 0.3) is 5.91 Å². The minimum atomic E-state index is -0.477. The van der Waals surface area contributed by atoms with Gasteiger partial charge in [0, 0.05) is 43.0 Å². The molecule has 1 aliphatic rings. The van der Waals surface area contributed by atoms with Crippen molar-refractivity contribution in [2.45, 2.75) is 6.42 Å². The molecule has 7 heteroatoms. The fourth-order valence-electron chi connectivity index (χ4n) is 1.90. The van der Waals surface area contributed by atoms with Gasteiger partial charge in [0.05, 0.1) is 5.56 Å². The Morgan fingerprint density at radius 2 is 2.10 bits per heavy atom. The van der Waals surface area contributed by atoms with Crippen LogP contribution in [0.1, 0.15) is 16.8 Å². The van der Waals surface area contributed by atoms with Crippen molar-refractivity contribution < 1.29 is 14.0 Å². The average Bonchev–Trinajstić information content (AvgIpc) is 2.39. The Bertz CT molecular complexity index is 535. The quantitative estimate of drug-likeness (QED) is 0.712. The van der Waals surface area contributed by atoms with Gasteiger partial charge in [-0.3, -0.25) is 9.59 Å². The Kier molecular flexibility index (Phi) is 5.69. The Labute approximate surface area is 130 Å². The van der Waals surface area contributed by atoms with Crippen LogP contribution in [0, 0.1) is 11.7 Å². The third kappa shape index (κ3) is 4.78. The van der Waals surface area contributed by atoms with E-state index in [4.69, 9.17) is 0 Å². The fraction of sp³-hybridized carbons (Fsp3) is 0.429. The summed E-state index contributed by atoms with van der Waals surface area (Å²) < 4.78 is 13.6. The minimum Gasteiger partial charge on any atom is -0.356 e. The highest BCUT2D eigenvalue weighted by atomic mass is 79.9. The maximum absolute atomic E-state index is 13.1. The largest absolute Gasteiger partial charge is 0.356 e. The molecule has 5 nitrogen and oxygen atoms in total. The third-order valence-electron chi connectivity index (χ3n) is 3.26. The highest BCUT2D eigenvalue weighted by molar-refractivity contribution is 9.10. The Hall–Kier alpha value is -1.47. The predicted octanol–water partition coefficient (Wildman–Crippen LogP) is 1.04. The molecule has 3 N–H and O–H groups in total. The van der Waals surface area contributed by atoms with Crippen LogP contribution in [0.5, 0.6) is 0 Å². The molecule has 1 heterocycles. The normalized spacial score (nSPS) is 14.4. The molecule has 1 aliphatic heterocycles. The van der Waals surface area contributed by atoms with Crippen LogP contribution in [0.4, 0.5) is 4.39 Å². The van der Waals surface area contributed by atoms with E-state index >= 15 is 0 Å². The van der Waals surface area contributed by atoms with E-state index < -0.39 is 11.7 Å². The molecule has 0 bridgehead atoms. The zero-order valence-electron chi connectivity index (χ0n) is 11.4. The molecular formula is C14H17BrFN3O2. The van der Waals surface area contributed by atoms with Gasteiger partial charge in [0.15, 0.2) is 0 Å². The average molecular weight is 358 g/mol. The van der Waals surface area contributed by atoms with Crippen molar-refractivity contribution in [1.29, 1.82) is 0 Å². The van der Waals surface area contributed by atoms with Crippen LogP contribution >= 0.6 is 15.9 Å². The first-order valence-corrected chi connectivity index (χ1v) is 7.56. The van der Waals surface area contributed by atoms with Crippen LogP contribution in [0.15, 0.2) is 22.7 Å². The summed E-state index contributed by atoms with van der Waals surface area (Å²) >= 11 is 3.19. The van der Waals surface area contributed by atoms with Crippen molar-refractivity contribution >= 4 is 27.7 Å². The van der Waals surface area contributed by atoms with Gasteiger partial charge >= 0.3 is 0 Å². The first kappa shape index (κ1) is 15.9. The molecule has 1 aromatic rings. The number of amides is 2. The topological polar surface area (TPSA) is 70.2 Å². The number of hydrogen-bond donors (Lipinski definition) is 3. The SMILES string of the molecule is O=C(CCNC(=O)c1cc(F)ccc1Br)NCC1CNC1. The van der Waals surface area contributed by atoms with Crippen LogP contribution < -0.4 is 16.0 Å². The molecule has 0 atom stereocenters. The van der Waals surface area contributed by atoms with E-state index in [1.165, 1.54) is 12.1 Å². The molecule has 2 rings (SSSR count). The molecular weight excluding hydrogens is 341 g/mol. The van der Waals surface area contributed by atoms with E-state index in [0.717, 1.165) is 19.2 Å². The zero-order valence-corrected chi connectivity index (χ0v) is 13.0. The monoisotopic (exact) mass is 357 g/mol. The molecule has 0 radical (unpaired) electrons.